The fourth-order valence-corrected chi connectivity index (χ4v) is 5.42. The summed E-state index contributed by atoms with van der Waals surface area (Å²) in [5, 5.41) is 28.9. The SMILES string of the molecule is CS(=O)(=O)CCC(N)C(=O)NC(CCC(=O)O)C(=O)NC(Cc1cnc[nH]1)C(=O)NC(Cc1ccccc1)C(=O)NC(CCCCN)C(=O)O. The minimum atomic E-state index is -3.45. The van der Waals surface area contributed by atoms with Crippen molar-refractivity contribution in [3.05, 3.63) is 54.1 Å². The number of sulfone groups is 1. The Morgan fingerprint density at radius 2 is 1.38 bits per heavy atom. The van der Waals surface area contributed by atoms with Crippen LogP contribution in [0.25, 0.3) is 0 Å². The van der Waals surface area contributed by atoms with Crippen LogP contribution in [0.2, 0.25) is 0 Å². The predicted octanol–water partition coefficient (Wildman–Crippen LogP) is -2.03. The number of hydrogen-bond acceptors (Lipinski definition) is 11. The second-order valence-electron chi connectivity index (χ2n) is 11.8. The summed E-state index contributed by atoms with van der Waals surface area (Å²) in [5.74, 6) is -6.45. The quantitative estimate of drug-likeness (QED) is 0.0560. The monoisotopic (exact) mass is 722 g/mol. The van der Waals surface area contributed by atoms with E-state index >= 15 is 0 Å². The Hall–Kier alpha value is -4.88. The van der Waals surface area contributed by atoms with Crippen LogP contribution >= 0.6 is 0 Å². The van der Waals surface area contributed by atoms with Gasteiger partial charge in [0.25, 0.3) is 0 Å². The van der Waals surface area contributed by atoms with Gasteiger partial charge in [-0.15, -0.1) is 0 Å². The molecule has 0 bridgehead atoms. The molecule has 0 saturated heterocycles. The number of H-pyrrole nitrogens is 1. The Balaban J connectivity index is 2.34. The molecule has 0 spiro atoms. The first kappa shape index (κ1) is 41.3. The number of carbonyl (C=O) groups is 6. The summed E-state index contributed by atoms with van der Waals surface area (Å²) < 4.78 is 23.0. The molecule has 19 heteroatoms. The van der Waals surface area contributed by atoms with Gasteiger partial charge in [0.05, 0.1) is 18.1 Å². The molecule has 0 fully saturated rings. The summed E-state index contributed by atoms with van der Waals surface area (Å²) in [6.07, 6.45) is 3.34. The maximum atomic E-state index is 13.8. The van der Waals surface area contributed by atoms with Crippen LogP contribution in [0.3, 0.4) is 0 Å². The second kappa shape index (κ2) is 20.6. The molecule has 4 amide bonds. The first-order chi connectivity index (χ1) is 23.6. The van der Waals surface area contributed by atoms with Crippen LogP contribution in [0.5, 0.6) is 0 Å². The first-order valence-corrected chi connectivity index (χ1v) is 18.0. The van der Waals surface area contributed by atoms with E-state index in [4.69, 9.17) is 11.5 Å². The molecule has 0 radical (unpaired) electrons. The number of rotatable bonds is 23. The molecule has 50 heavy (non-hydrogen) atoms. The summed E-state index contributed by atoms with van der Waals surface area (Å²) in [6.45, 7) is 0.341. The number of carboxylic acid groups (broad SMARTS) is 2. The number of carboxylic acids is 2. The Morgan fingerprint density at radius 1 is 0.800 bits per heavy atom. The molecule has 0 aliphatic heterocycles. The number of carbonyl (C=O) groups excluding carboxylic acids is 4. The van der Waals surface area contributed by atoms with Gasteiger partial charge in [0.2, 0.25) is 23.6 Å². The first-order valence-electron chi connectivity index (χ1n) is 15.9. The van der Waals surface area contributed by atoms with E-state index in [1.807, 2.05) is 0 Å². The van der Waals surface area contributed by atoms with E-state index in [0.29, 0.717) is 30.6 Å². The number of nitrogens with zero attached hydrogens (tertiary/aromatic N) is 1. The molecule has 1 aromatic heterocycles. The molecule has 0 saturated carbocycles. The van der Waals surface area contributed by atoms with Crippen molar-refractivity contribution in [3.8, 4) is 0 Å². The predicted molar refractivity (Wildman–Crippen MR) is 180 cm³/mol. The number of nitrogens with one attached hydrogen (secondary N) is 5. The maximum absolute atomic E-state index is 13.8. The third kappa shape index (κ3) is 15.6. The number of aliphatic carboxylic acids is 2. The average molecular weight is 723 g/mol. The summed E-state index contributed by atoms with van der Waals surface area (Å²) in [5.41, 5.74) is 12.4. The average Bonchev–Trinajstić information content (AvgIpc) is 3.57. The third-order valence-electron chi connectivity index (χ3n) is 7.51. The van der Waals surface area contributed by atoms with Crippen LogP contribution in [-0.4, -0.2) is 113 Å². The van der Waals surface area contributed by atoms with Crippen molar-refractivity contribution in [2.45, 2.75) is 81.6 Å². The van der Waals surface area contributed by atoms with Gasteiger partial charge in [0.1, 0.15) is 34.0 Å². The summed E-state index contributed by atoms with van der Waals surface area (Å²) >= 11 is 0. The Bertz CT molecular complexity index is 1540. The summed E-state index contributed by atoms with van der Waals surface area (Å²) in [7, 11) is -3.45. The van der Waals surface area contributed by atoms with Crippen LogP contribution in [0.1, 0.15) is 49.8 Å². The zero-order chi connectivity index (χ0) is 37.3. The highest BCUT2D eigenvalue weighted by atomic mass is 32.2. The lowest BCUT2D eigenvalue weighted by atomic mass is 10.0. The van der Waals surface area contributed by atoms with Gasteiger partial charge >= 0.3 is 11.9 Å². The number of amides is 4. The smallest absolute Gasteiger partial charge is 0.326 e. The summed E-state index contributed by atoms with van der Waals surface area (Å²) in [6, 6.07) is 1.83. The molecule has 0 aliphatic carbocycles. The molecular weight excluding hydrogens is 676 g/mol. The van der Waals surface area contributed by atoms with Crippen molar-refractivity contribution in [2.75, 3.05) is 18.6 Å². The van der Waals surface area contributed by atoms with Crippen molar-refractivity contribution in [1.29, 1.82) is 0 Å². The Morgan fingerprint density at radius 3 is 1.92 bits per heavy atom. The van der Waals surface area contributed by atoms with E-state index in [-0.39, 0.29) is 25.7 Å². The third-order valence-corrected chi connectivity index (χ3v) is 8.48. The number of benzene rings is 1. The standard InChI is InChI=1S/C31H46N8O10S/c1-50(48,49)14-12-21(33)27(42)36-22(10-11-26(40)41)28(43)39-25(16-20-17-34-18-35-20)30(45)38-24(15-19-7-3-2-4-8-19)29(44)37-23(31(46)47)9-5-6-13-32/h2-4,7-8,17-18,21-25H,5-6,9-16,32-33H2,1H3,(H,34,35)(H,36,42)(H,37,44)(H,38,45)(H,39,43)(H,40,41)(H,46,47). The highest BCUT2D eigenvalue weighted by Gasteiger charge is 2.32. The molecule has 2 rings (SSSR count). The molecule has 1 heterocycles. The van der Waals surface area contributed by atoms with E-state index in [0.717, 1.165) is 6.26 Å². The highest BCUT2D eigenvalue weighted by molar-refractivity contribution is 7.90. The Labute approximate surface area is 289 Å². The van der Waals surface area contributed by atoms with Gasteiger partial charge in [-0.2, -0.15) is 0 Å². The lowest BCUT2D eigenvalue weighted by Gasteiger charge is -2.26. The lowest BCUT2D eigenvalue weighted by molar-refractivity contribution is -0.142. The van der Waals surface area contributed by atoms with Crippen LogP contribution in [0.15, 0.2) is 42.9 Å². The van der Waals surface area contributed by atoms with Gasteiger partial charge in [0.15, 0.2) is 0 Å². The number of imidazole rings is 1. The fraction of sp³-hybridized carbons (Fsp3) is 0.516. The minimum Gasteiger partial charge on any atom is -0.481 e. The van der Waals surface area contributed by atoms with Gasteiger partial charge in [-0.25, -0.2) is 18.2 Å². The van der Waals surface area contributed by atoms with Crippen molar-refractivity contribution in [3.63, 3.8) is 0 Å². The van der Waals surface area contributed by atoms with Crippen LogP contribution in [-0.2, 0) is 51.4 Å². The Kier molecular flexibility index (Phi) is 17.0. The van der Waals surface area contributed by atoms with Gasteiger partial charge in [-0.1, -0.05) is 30.3 Å². The molecule has 5 unspecified atom stereocenters. The molecule has 1 aromatic carbocycles. The van der Waals surface area contributed by atoms with Gasteiger partial charge in [-0.05, 0) is 44.2 Å². The van der Waals surface area contributed by atoms with Crippen molar-refractivity contribution in [1.82, 2.24) is 31.2 Å². The number of nitrogens with two attached hydrogens (primary N) is 2. The van der Waals surface area contributed by atoms with Crippen molar-refractivity contribution < 1.29 is 47.4 Å². The zero-order valence-electron chi connectivity index (χ0n) is 27.7. The topological polar surface area (TPSA) is 306 Å². The van der Waals surface area contributed by atoms with Crippen molar-refractivity contribution >= 4 is 45.4 Å². The molecule has 0 aliphatic rings. The molecular formula is C31H46N8O10S. The van der Waals surface area contributed by atoms with E-state index in [1.165, 1.54) is 12.5 Å². The van der Waals surface area contributed by atoms with E-state index < -0.39 is 94.2 Å². The number of unbranched alkanes of at least 4 members (excludes halogenated alkanes) is 1. The highest BCUT2D eigenvalue weighted by Crippen LogP contribution is 2.09. The molecule has 5 atom stereocenters. The van der Waals surface area contributed by atoms with Gasteiger partial charge in [0, 0.05) is 37.4 Å². The van der Waals surface area contributed by atoms with Crippen molar-refractivity contribution in [2.24, 2.45) is 11.5 Å². The lowest BCUT2D eigenvalue weighted by Crippen LogP contribution is -2.59. The minimum absolute atomic E-state index is 0.0407. The molecule has 11 N–H and O–H groups in total. The van der Waals surface area contributed by atoms with Crippen LogP contribution < -0.4 is 32.7 Å². The fourth-order valence-electron chi connectivity index (χ4n) is 4.74. The molecule has 2 aromatic rings. The van der Waals surface area contributed by atoms with Gasteiger partial charge in [-0.3, -0.25) is 24.0 Å². The molecule has 18 nitrogen and oxygen atoms in total. The zero-order valence-corrected chi connectivity index (χ0v) is 28.5. The number of hydrogen-bond donors (Lipinski definition) is 9. The van der Waals surface area contributed by atoms with Crippen LogP contribution in [0.4, 0.5) is 0 Å². The van der Waals surface area contributed by atoms with Crippen LogP contribution in [0, 0.1) is 0 Å². The number of aromatic amines is 1. The largest absolute Gasteiger partial charge is 0.481 e. The van der Waals surface area contributed by atoms with Gasteiger partial charge < -0.3 is 47.9 Å². The summed E-state index contributed by atoms with van der Waals surface area (Å²) in [4.78, 5) is 83.5. The number of aromatic nitrogens is 2. The maximum Gasteiger partial charge on any atom is 0.326 e. The van der Waals surface area contributed by atoms with E-state index in [2.05, 4.69) is 31.2 Å². The molecule has 276 valence electrons. The van der Waals surface area contributed by atoms with E-state index in [9.17, 15) is 47.4 Å². The normalized spacial score (nSPS) is 14.3. The second-order valence-corrected chi connectivity index (χ2v) is 14.1. The van der Waals surface area contributed by atoms with E-state index in [1.54, 1.807) is 30.3 Å².